The van der Waals surface area contributed by atoms with Crippen molar-refractivity contribution in [3.63, 3.8) is 0 Å². The quantitative estimate of drug-likeness (QED) is 0.789. The Bertz CT molecular complexity index is 652. The van der Waals surface area contributed by atoms with Crippen molar-refractivity contribution in [3.05, 3.63) is 20.6 Å². The molecule has 2 fully saturated rings. The van der Waals surface area contributed by atoms with E-state index in [1.54, 1.807) is 6.07 Å². The topological polar surface area (TPSA) is 77.1 Å². The molecule has 0 bridgehead atoms. The summed E-state index contributed by atoms with van der Waals surface area (Å²) >= 11 is 6.96. The van der Waals surface area contributed by atoms with Crippen LogP contribution in [-0.4, -0.2) is 39.0 Å². The Morgan fingerprint density at radius 2 is 2.18 bits per heavy atom. The molecule has 1 aromatic carbocycles. The molecule has 0 aromatic heterocycles. The normalized spacial score (nSPS) is 20.7. The number of alkyl carbamates (subject to hydrolysis) is 1. The van der Waals surface area contributed by atoms with E-state index in [9.17, 15) is 9.59 Å². The number of hydrogen-bond acceptors (Lipinski definition) is 5. The lowest BCUT2D eigenvalue weighted by atomic mass is 10.1. The van der Waals surface area contributed by atoms with E-state index in [-0.39, 0.29) is 0 Å². The Labute approximate surface area is 143 Å². The van der Waals surface area contributed by atoms with E-state index >= 15 is 0 Å². The molecule has 7 nitrogen and oxygen atoms in total. The summed E-state index contributed by atoms with van der Waals surface area (Å²) in [6, 6.07) is 1.76. The summed E-state index contributed by atoms with van der Waals surface area (Å²) in [5, 5.41) is 2.61. The van der Waals surface area contributed by atoms with Crippen LogP contribution in [0.25, 0.3) is 0 Å². The number of benzene rings is 1. The predicted octanol–water partition coefficient (Wildman–Crippen LogP) is 2.96. The summed E-state index contributed by atoms with van der Waals surface area (Å²) < 4.78 is 17.0. The average molecular weight is 436 g/mol. The fourth-order valence-electron chi connectivity index (χ4n) is 2.45. The molecule has 0 saturated carbocycles. The van der Waals surface area contributed by atoms with Gasteiger partial charge in [-0.05, 0) is 22.0 Å². The van der Waals surface area contributed by atoms with E-state index < -0.39 is 18.3 Å². The molecule has 1 N–H and O–H groups in total. The maximum absolute atomic E-state index is 11.8. The van der Waals surface area contributed by atoms with Crippen LogP contribution in [0.4, 0.5) is 15.3 Å². The van der Waals surface area contributed by atoms with Gasteiger partial charge in [0.05, 0.1) is 30.4 Å². The number of amides is 2. The fourth-order valence-corrected chi connectivity index (χ4v) is 4.22. The van der Waals surface area contributed by atoms with Gasteiger partial charge in [0.25, 0.3) is 0 Å². The zero-order chi connectivity index (χ0) is 15.9. The number of ether oxygens (including phenoxy) is 3. The minimum Gasteiger partial charge on any atom is -0.493 e. The van der Waals surface area contributed by atoms with Crippen molar-refractivity contribution in [3.8, 4) is 5.75 Å². The molecule has 0 spiro atoms. The first-order valence-corrected chi connectivity index (χ1v) is 8.06. The molecule has 3 rings (SSSR count). The van der Waals surface area contributed by atoms with Crippen LogP contribution in [0, 0.1) is 0 Å². The Hall–Kier alpha value is -1.48. The maximum Gasteiger partial charge on any atom is 0.414 e. The highest BCUT2D eigenvalue weighted by Crippen LogP contribution is 2.46. The van der Waals surface area contributed by atoms with Crippen LogP contribution in [0.3, 0.4) is 0 Å². The summed E-state index contributed by atoms with van der Waals surface area (Å²) in [6.07, 6.45) is -1.32. The molecule has 22 heavy (non-hydrogen) atoms. The number of rotatable bonds is 3. The minimum absolute atomic E-state index is 0.336. The van der Waals surface area contributed by atoms with Crippen molar-refractivity contribution in [2.45, 2.75) is 6.10 Å². The Kier molecular flexibility index (Phi) is 4.18. The number of carbonyl (C=O) groups is 2. The van der Waals surface area contributed by atoms with Crippen molar-refractivity contribution < 1.29 is 23.8 Å². The zero-order valence-electron chi connectivity index (χ0n) is 11.5. The van der Waals surface area contributed by atoms with Gasteiger partial charge < -0.3 is 19.5 Å². The number of halogens is 2. The van der Waals surface area contributed by atoms with Crippen LogP contribution < -0.4 is 15.0 Å². The number of cyclic esters (lactones) is 2. The highest BCUT2D eigenvalue weighted by molar-refractivity contribution is 9.11. The lowest BCUT2D eigenvalue weighted by Crippen LogP contribution is -2.24. The Balaban J connectivity index is 2.07. The van der Waals surface area contributed by atoms with Crippen molar-refractivity contribution in [2.75, 3.05) is 31.7 Å². The fraction of sp³-hybridized carbons (Fsp3) is 0.385. The lowest BCUT2D eigenvalue weighted by molar-refractivity contribution is 0.140. The molecule has 0 radical (unpaired) electrons. The van der Waals surface area contributed by atoms with Gasteiger partial charge in [0, 0.05) is 10.0 Å². The van der Waals surface area contributed by atoms with Crippen LogP contribution in [-0.2, 0) is 9.47 Å². The lowest BCUT2D eigenvalue weighted by Gasteiger charge is -2.22. The number of hydrogen-bond donors (Lipinski definition) is 1. The summed E-state index contributed by atoms with van der Waals surface area (Å²) in [4.78, 5) is 24.5. The SMILES string of the molecule is COc1c(N2CCOC2=O)cc(Br)c(C2CNC(=O)O2)c1Br. The van der Waals surface area contributed by atoms with Crippen molar-refractivity contribution in [2.24, 2.45) is 0 Å². The number of anilines is 1. The standard InChI is InChI=1S/C13H12Br2N2O5/c1-20-11-7(17-2-3-21-13(17)19)4-6(14)9(10(11)15)8-5-16-12(18)22-8/h4,8H,2-3,5H2,1H3,(H,16,18). The van der Waals surface area contributed by atoms with E-state index in [1.807, 2.05) is 0 Å². The number of methoxy groups -OCH3 is 1. The van der Waals surface area contributed by atoms with Crippen LogP contribution in [0.1, 0.15) is 11.7 Å². The van der Waals surface area contributed by atoms with Crippen molar-refractivity contribution in [1.82, 2.24) is 5.32 Å². The molecule has 2 saturated heterocycles. The highest BCUT2D eigenvalue weighted by Gasteiger charge is 2.33. The molecule has 2 amide bonds. The molecule has 2 heterocycles. The first-order chi connectivity index (χ1) is 10.5. The molecule has 1 aromatic rings. The number of nitrogens with zero attached hydrogens (tertiary/aromatic N) is 1. The number of nitrogens with one attached hydrogen (secondary N) is 1. The third-order valence-corrected chi connectivity index (χ3v) is 4.89. The Morgan fingerprint density at radius 3 is 2.73 bits per heavy atom. The Morgan fingerprint density at radius 1 is 1.41 bits per heavy atom. The smallest absolute Gasteiger partial charge is 0.414 e. The molecule has 2 aliphatic rings. The van der Waals surface area contributed by atoms with Gasteiger partial charge in [0.1, 0.15) is 12.7 Å². The second-order valence-corrected chi connectivity index (χ2v) is 6.33. The second-order valence-electron chi connectivity index (χ2n) is 4.68. The summed E-state index contributed by atoms with van der Waals surface area (Å²) in [5.41, 5.74) is 1.33. The van der Waals surface area contributed by atoms with Crippen molar-refractivity contribution >= 4 is 49.7 Å². The van der Waals surface area contributed by atoms with Crippen LogP contribution in [0.5, 0.6) is 5.75 Å². The van der Waals surface area contributed by atoms with Crippen LogP contribution in [0.15, 0.2) is 15.0 Å². The monoisotopic (exact) mass is 434 g/mol. The van der Waals surface area contributed by atoms with Gasteiger partial charge in [-0.1, -0.05) is 15.9 Å². The first kappa shape index (κ1) is 15.4. The third kappa shape index (κ3) is 2.52. The molecule has 1 atom stereocenters. The molecule has 0 aliphatic carbocycles. The van der Waals surface area contributed by atoms with E-state index in [1.165, 1.54) is 12.0 Å². The van der Waals surface area contributed by atoms with E-state index in [2.05, 4.69) is 37.2 Å². The van der Waals surface area contributed by atoms with Gasteiger partial charge in [-0.25, -0.2) is 9.59 Å². The molecule has 2 aliphatic heterocycles. The van der Waals surface area contributed by atoms with Gasteiger partial charge in [-0.15, -0.1) is 0 Å². The highest BCUT2D eigenvalue weighted by atomic mass is 79.9. The molecule has 118 valence electrons. The predicted molar refractivity (Wildman–Crippen MR) is 84.3 cm³/mol. The number of carbonyl (C=O) groups excluding carboxylic acids is 2. The van der Waals surface area contributed by atoms with Gasteiger partial charge in [0.2, 0.25) is 0 Å². The van der Waals surface area contributed by atoms with Crippen molar-refractivity contribution in [1.29, 1.82) is 0 Å². The third-order valence-electron chi connectivity index (χ3n) is 3.45. The molecule has 9 heteroatoms. The van der Waals surface area contributed by atoms with Gasteiger partial charge >= 0.3 is 12.2 Å². The first-order valence-electron chi connectivity index (χ1n) is 6.47. The van der Waals surface area contributed by atoms with Gasteiger partial charge in [-0.2, -0.15) is 0 Å². The summed E-state index contributed by atoms with van der Waals surface area (Å²) in [7, 11) is 1.52. The van der Waals surface area contributed by atoms with Crippen LogP contribution in [0.2, 0.25) is 0 Å². The molecular weight excluding hydrogens is 424 g/mol. The second kappa shape index (κ2) is 5.96. The van der Waals surface area contributed by atoms with E-state index in [0.717, 1.165) is 5.56 Å². The van der Waals surface area contributed by atoms with Gasteiger partial charge in [0.15, 0.2) is 5.75 Å². The zero-order valence-corrected chi connectivity index (χ0v) is 14.7. The minimum atomic E-state index is -0.463. The van der Waals surface area contributed by atoms with E-state index in [4.69, 9.17) is 14.2 Å². The maximum atomic E-state index is 11.8. The van der Waals surface area contributed by atoms with Gasteiger partial charge in [-0.3, -0.25) is 4.90 Å². The average Bonchev–Trinajstić information content (AvgIpc) is 3.07. The summed E-state index contributed by atoms with van der Waals surface area (Å²) in [5.74, 6) is 0.486. The largest absolute Gasteiger partial charge is 0.493 e. The summed E-state index contributed by atoms with van der Waals surface area (Å²) in [6.45, 7) is 1.15. The van der Waals surface area contributed by atoms with Crippen LogP contribution >= 0.6 is 31.9 Å². The molecule has 1 unspecified atom stereocenters. The van der Waals surface area contributed by atoms with E-state index in [0.29, 0.717) is 40.1 Å². The molecular formula is C13H12Br2N2O5.